The van der Waals surface area contributed by atoms with E-state index in [9.17, 15) is 28.8 Å². The second kappa shape index (κ2) is 55.5. The molecule has 0 bridgehead atoms. The van der Waals surface area contributed by atoms with Crippen molar-refractivity contribution in [1.82, 2.24) is 16.0 Å². The second-order valence-corrected chi connectivity index (χ2v) is 20.3. The van der Waals surface area contributed by atoms with Gasteiger partial charge in [-0.15, -0.1) is 0 Å². The van der Waals surface area contributed by atoms with Crippen molar-refractivity contribution in [2.24, 2.45) is 0 Å². The fraction of sp³-hybridized carbons (Fsp3) is 0.700. The zero-order valence-corrected chi connectivity index (χ0v) is 47.4. The molecule has 0 unspecified atom stereocenters. The van der Waals surface area contributed by atoms with Crippen LogP contribution in [0.4, 0.5) is 0 Å². The minimum absolute atomic E-state index is 0.242. The average molecular weight is 1040 g/mol. The van der Waals surface area contributed by atoms with Crippen LogP contribution in [0, 0.1) is 0 Å². The van der Waals surface area contributed by atoms with Gasteiger partial charge in [0.2, 0.25) is 17.7 Å². The van der Waals surface area contributed by atoms with Gasteiger partial charge in [-0.05, 0) is 116 Å². The molecule has 0 aliphatic rings. The van der Waals surface area contributed by atoms with Gasteiger partial charge in [0.1, 0.15) is 19.6 Å². The molecule has 0 aliphatic heterocycles. The minimum Gasteiger partial charge on any atom is -0.549 e. The Labute approximate surface area is 449 Å². The van der Waals surface area contributed by atoms with Crippen LogP contribution in [0.3, 0.4) is 0 Å². The smallest absolute Gasteiger partial charge is 0.549 e. The summed E-state index contributed by atoms with van der Waals surface area (Å²) in [6.07, 6.45) is 62.7. The number of carbonyl (C=O) groups is 6. The molecule has 0 heterocycles. The molecule has 0 saturated carbocycles. The number of carbonyl (C=O) groups excluding carboxylic acids is 6. The third-order valence-electron chi connectivity index (χ3n) is 12.0. The Hall–Kier alpha value is -4.21. The zero-order chi connectivity index (χ0) is 53.3. The molecule has 73 heavy (non-hydrogen) atoms. The Kier molecular flexibility index (Phi) is 52.3. The van der Waals surface area contributed by atoms with Gasteiger partial charge in [-0.1, -0.05) is 190 Å². The number of amides is 3. The molecule has 0 atom stereocenters. The van der Waals surface area contributed by atoms with Gasteiger partial charge in [0.05, 0.1) is 0 Å². The van der Waals surface area contributed by atoms with Crippen LogP contribution in [0.1, 0.15) is 252 Å². The normalized spacial score (nSPS) is 11.7. The molecule has 0 aromatic heterocycles. The lowest BCUT2D eigenvalue weighted by molar-refractivity contribution is -0.148. The van der Waals surface area contributed by atoms with Crippen molar-refractivity contribution in [1.29, 1.82) is 0 Å². The molecule has 3 N–H and O–H groups in total. The molecular weight excluding hydrogens is 934 g/mol. The Bertz CT molecular complexity index is 1390. The van der Waals surface area contributed by atoms with E-state index in [1.165, 1.54) is 57.8 Å². The fourth-order valence-electron chi connectivity index (χ4n) is 7.59. The lowest BCUT2D eigenvalue weighted by atomic mass is 10.1. The molecule has 0 spiro atoms. The van der Waals surface area contributed by atoms with Crippen molar-refractivity contribution in [3.63, 3.8) is 0 Å². The van der Waals surface area contributed by atoms with Crippen molar-refractivity contribution in [3.8, 4) is 0 Å². The molecule has 3 amide bonds. The highest BCUT2D eigenvalue weighted by Gasteiger charge is 2.49. The molecule has 13 heteroatoms. The summed E-state index contributed by atoms with van der Waals surface area (Å²) in [6.45, 7) is 5.12. The van der Waals surface area contributed by atoms with Crippen molar-refractivity contribution in [3.05, 3.63) is 72.9 Å². The SMILES string of the molecule is CCCCC/C=C\C/C=C\CCCCCCCC(=O)NCC(=O)[O][Al]([O]C(=O)CNC(=O)CCCCCCC/C=C\C/C=C\CCCCC)[O]C(=O)CNC(=O)CCCCCCC/C=C\C/C=C\CCCCC. The molecular formula is C60H102AlN3O9. The fourth-order valence-corrected chi connectivity index (χ4v) is 8.63. The Morgan fingerprint density at radius 3 is 0.767 bits per heavy atom. The molecule has 0 fully saturated rings. The topological polar surface area (TPSA) is 166 Å². The number of hydrogen-bond acceptors (Lipinski definition) is 9. The molecule has 0 aromatic carbocycles. The van der Waals surface area contributed by atoms with E-state index in [-0.39, 0.29) is 37.0 Å². The van der Waals surface area contributed by atoms with Gasteiger partial charge in [-0.2, -0.15) is 0 Å². The van der Waals surface area contributed by atoms with Crippen molar-refractivity contribution < 1.29 is 40.1 Å². The van der Waals surface area contributed by atoms with E-state index in [0.29, 0.717) is 19.3 Å². The maximum Gasteiger partial charge on any atom is 1.20 e. The number of rotatable bonds is 51. The van der Waals surface area contributed by atoms with E-state index in [4.69, 9.17) is 11.4 Å². The van der Waals surface area contributed by atoms with Gasteiger partial charge in [0.15, 0.2) is 0 Å². The molecule has 12 nitrogen and oxygen atoms in total. The first-order valence-electron chi connectivity index (χ1n) is 29.0. The maximum absolute atomic E-state index is 12.8. The lowest BCUT2D eigenvalue weighted by Gasteiger charge is -2.14. The van der Waals surface area contributed by atoms with E-state index < -0.39 is 52.7 Å². The van der Waals surface area contributed by atoms with E-state index in [0.717, 1.165) is 135 Å². The summed E-state index contributed by atoms with van der Waals surface area (Å²) in [5.41, 5.74) is 0. The van der Waals surface area contributed by atoms with Crippen LogP contribution < -0.4 is 16.0 Å². The summed E-state index contributed by atoms with van der Waals surface area (Å²) >= 11 is -3.79. The van der Waals surface area contributed by atoms with E-state index in [1.54, 1.807) is 0 Å². The monoisotopic (exact) mass is 1040 g/mol. The van der Waals surface area contributed by atoms with E-state index in [2.05, 4.69) is 110 Å². The average Bonchev–Trinajstić information content (AvgIpc) is 3.37. The third kappa shape index (κ3) is 53.9. The highest BCUT2D eigenvalue weighted by molar-refractivity contribution is 6.44. The number of nitrogens with one attached hydrogen (secondary N) is 3. The zero-order valence-electron chi connectivity index (χ0n) is 46.3. The quantitative estimate of drug-likeness (QED) is 0.0305. The predicted molar refractivity (Wildman–Crippen MR) is 301 cm³/mol. The van der Waals surface area contributed by atoms with Gasteiger partial charge in [-0.25, -0.2) is 0 Å². The number of hydrogen-bond donors (Lipinski definition) is 3. The van der Waals surface area contributed by atoms with Crippen LogP contribution in [-0.2, 0) is 40.1 Å². The summed E-state index contributed by atoms with van der Waals surface area (Å²) < 4.78 is 15.8. The predicted octanol–water partition coefficient (Wildman–Crippen LogP) is 14.4. The summed E-state index contributed by atoms with van der Waals surface area (Å²) in [7, 11) is 0. The standard InChI is InChI=1S/3C20H35NO3.Al/c3*1-2-3-4-5-6-7-8-9-10-11-12-13-14-15-16-17-19(22)21-18-20(23)24;/h3*6-7,9-10H,2-5,8,11-18H2,1H3,(H,21,22)(H,23,24);/q;;;+3/p-3/b3*7-6-,10-9-;. The summed E-state index contributed by atoms with van der Waals surface area (Å²) in [5.74, 6) is -3.81. The number of allylic oxidation sites excluding steroid dienone is 12. The van der Waals surface area contributed by atoms with Crippen LogP contribution >= 0.6 is 0 Å². The maximum atomic E-state index is 12.8. The summed E-state index contributed by atoms with van der Waals surface area (Å²) in [5, 5.41) is 7.56. The Balaban J connectivity index is 4.71. The molecule has 0 aromatic rings. The van der Waals surface area contributed by atoms with Crippen LogP contribution in [0.2, 0.25) is 0 Å². The Morgan fingerprint density at radius 1 is 0.301 bits per heavy atom. The van der Waals surface area contributed by atoms with Crippen molar-refractivity contribution in [2.45, 2.75) is 252 Å². The number of unbranched alkanes of at least 4 members (excludes halogenated alkanes) is 24. The Morgan fingerprint density at radius 2 is 0.521 bits per heavy atom. The van der Waals surface area contributed by atoms with Gasteiger partial charge in [0.25, 0.3) is 17.9 Å². The lowest BCUT2D eigenvalue weighted by Crippen LogP contribution is -2.42. The van der Waals surface area contributed by atoms with Gasteiger partial charge in [-0.3, -0.25) is 28.8 Å². The molecule has 0 saturated heterocycles. The van der Waals surface area contributed by atoms with Crippen LogP contribution in [0.15, 0.2) is 72.9 Å². The van der Waals surface area contributed by atoms with E-state index >= 15 is 0 Å². The first-order valence-corrected chi connectivity index (χ1v) is 30.4. The highest BCUT2D eigenvalue weighted by atomic mass is 27.3. The molecule has 0 radical (unpaired) electrons. The van der Waals surface area contributed by atoms with Crippen LogP contribution in [0.25, 0.3) is 0 Å². The first-order chi connectivity index (χ1) is 35.7. The van der Waals surface area contributed by atoms with Crippen LogP contribution in [0.5, 0.6) is 0 Å². The largest absolute Gasteiger partial charge is 1.20 e. The van der Waals surface area contributed by atoms with Crippen LogP contribution in [-0.4, -0.2) is 70.4 Å². The molecule has 0 rings (SSSR count). The first kappa shape index (κ1) is 68.8. The molecule has 414 valence electrons. The third-order valence-corrected chi connectivity index (χ3v) is 13.4. The summed E-state index contributed by atoms with van der Waals surface area (Å²) in [6, 6.07) is 0. The van der Waals surface area contributed by atoms with E-state index in [1.807, 2.05) is 0 Å². The minimum atomic E-state index is -3.79. The second-order valence-electron chi connectivity index (χ2n) is 19.0. The van der Waals surface area contributed by atoms with Gasteiger partial charge in [0, 0.05) is 19.3 Å². The summed E-state index contributed by atoms with van der Waals surface area (Å²) in [4.78, 5) is 75.7. The molecule has 0 aliphatic carbocycles. The van der Waals surface area contributed by atoms with Crippen molar-refractivity contribution in [2.75, 3.05) is 19.6 Å². The van der Waals surface area contributed by atoms with Crippen molar-refractivity contribution >= 4 is 50.8 Å². The van der Waals surface area contributed by atoms with Gasteiger partial charge < -0.3 is 27.3 Å². The highest BCUT2D eigenvalue weighted by Crippen LogP contribution is 2.11. The van der Waals surface area contributed by atoms with Gasteiger partial charge >= 0.3 is 15.1 Å².